The van der Waals surface area contributed by atoms with Crippen LogP contribution in [-0.4, -0.2) is 5.91 Å². The Kier molecular flexibility index (Phi) is 4.86. The Hall–Kier alpha value is -1.03. The highest BCUT2D eigenvalue weighted by atomic mass is 35.5. The molecule has 1 unspecified atom stereocenters. The first-order valence-electron chi connectivity index (χ1n) is 5.81. The van der Waals surface area contributed by atoms with Gasteiger partial charge in [-0.1, -0.05) is 23.7 Å². The third kappa shape index (κ3) is 3.72. The van der Waals surface area contributed by atoms with Crippen LogP contribution in [0.3, 0.4) is 0 Å². The number of amides is 1. The van der Waals surface area contributed by atoms with Gasteiger partial charge in [0, 0.05) is 16.3 Å². The van der Waals surface area contributed by atoms with Gasteiger partial charge in [0.25, 0.3) is 5.91 Å². The predicted molar refractivity (Wildman–Crippen MR) is 81.2 cm³/mol. The van der Waals surface area contributed by atoms with E-state index in [0.717, 1.165) is 14.8 Å². The van der Waals surface area contributed by atoms with Crippen molar-refractivity contribution in [2.45, 2.75) is 18.8 Å². The Balaban J connectivity index is 2.03. The number of benzene rings is 1. The van der Waals surface area contributed by atoms with Crippen molar-refractivity contribution in [1.29, 1.82) is 0 Å². The Labute approximate surface area is 126 Å². The first-order chi connectivity index (χ1) is 9.10. The summed E-state index contributed by atoms with van der Waals surface area (Å²) in [6, 6.07) is 11.0. The summed E-state index contributed by atoms with van der Waals surface area (Å²) in [5.41, 5.74) is 1.62. The average Bonchev–Trinajstić information content (AvgIpc) is 2.85. The minimum atomic E-state index is -0.0989. The molecule has 0 saturated carbocycles. The number of thiophene rings is 1. The maximum atomic E-state index is 12.1. The maximum Gasteiger partial charge on any atom is 0.251 e. The van der Waals surface area contributed by atoms with Gasteiger partial charge >= 0.3 is 0 Å². The van der Waals surface area contributed by atoms with Gasteiger partial charge in [0.05, 0.1) is 10.4 Å². The number of carbonyl (C=O) groups is 1. The van der Waals surface area contributed by atoms with Crippen LogP contribution < -0.4 is 5.32 Å². The normalized spacial score (nSPS) is 12.2. The zero-order chi connectivity index (χ0) is 13.8. The molecule has 0 fully saturated rings. The van der Waals surface area contributed by atoms with Gasteiger partial charge in [-0.2, -0.15) is 0 Å². The van der Waals surface area contributed by atoms with Crippen molar-refractivity contribution in [1.82, 2.24) is 5.32 Å². The second-order valence-electron chi connectivity index (χ2n) is 4.17. The van der Waals surface area contributed by atoms with Gasteiger partial charge in [0.1, 0.15) is 0 Å². The highest BCUT2D eigenvalue weighted by Gasteiger charge is 2.12. The van der Waals surface area contributed by atoms with Gasteiger partial charge < -0.3 is 5.32 Å². The van der Waals surface area contributed by atoms with E-state index in [4.69, 9.17) is 23.2 Å². The number of halogens is 2. The van der Waals surface area contributed by atoms with Crippen molar-refractivity contribution in [2.24, 2.45) is 0 Å². The Morgan fingerprint density at radius 2 is 1.95 bits per heavy atom. The molecule has 0 bridgehead atoms. The van der Waals surface area contributed by atoms with Gasteiger partial charge in [-0.3, -0.25) is 4.79 Å². The highest BCUT2D eigenvalue weighted by Crippen LogP contribution is 2.26. The third-order valence-corrected chi connectivity index (χ3v) is 4.46. The Bertz CT molecular complexity index is 565. The fraction of sp³-hybridized carbons (Fsp3) is 0.214. The predicted octanol–water partition coefficient (Wildman–Crippen LogP) is 4.63. The van der Waals surface area contributed by atoms with Crippen LogP contribution in [-0.2, 0) is 5.88 Å². The van der Waals surface area contributed by atoms with Crippen LogP contribution in [0.4, 0.5) is 0 Å². The van der Waals surface area contributed by atoms with Crippen LogP contribution in [0.5, 0.6) is 0 Å². The summed E-state index contributed by atoms with van der Waals surface area (Å²) < 4.78 is 0.725. The monoisotopic (exact) mass is 313 g/mol. The summed E-state index contributed by atoms with van der Waals surface area (Å²) in [7, 11) is 0. The zero-order valence-corrected chi connectivity index (χ0v) is 12.6. The van der Waals surface area contributed by atoms with E-state index in [-0.39, 0.29) is 11.9 Å². The molecule has 0 aliphatic carbocycles. The highest BCUT2D eigenvalue weighted by molar-refractivity contribution is 7.16. The molecule has 1 heterocycles. The van der Waals surface area contributed by atoms with Crippen molar-refractivity contribution in [3.63, 3.8) is 0 Å². The van der Waals surface area contributed by atoms with E-state index in [9.17, 15) is 4.79 Å². The van der Waals surface area contributed by atoms with Gasteiger partial charge in [0.15, 0.2) is 0 Å². The second-order valence-corrected chi connectivity index (χ2v) is 6.18. The summed E-state index contributed by atoms with van der Waals surface area (Å²) in [6.07, 6.45) is 0. The van der Waals surface area contributed by atoms with Crippen LogP contribution in [0, 0.1) is 0 Å². The van der Waals surface area contributed by atoms with Gasteiger partial charge in [-0.25, -0.2) is 0 Å². The lowest BCUT2D eigenvalue weighted by atomic mass is 10.1. The minimum absolute atomic E-state index is 0.0577. The molecule has 19 heavy (non-hydrogen) atoms. The van der Waals surface area contributed by atoms with E-state index in [1.165, 1.54) is 11.3 Å². The first-order valence-corrected chi connectivity index (χ1v) is 7.54. The van der Waals surface area contributed by atoms with Crippen molar-refractivity contribution >= 4 is 40.4 Å². The molecule has 0 aliphatic heterocycles. The standard InChI is InChI=1S/C14H13Cl2NOS/c1-9(12-6-7-13(16)19-12)17-14(18)11-4-2-10(8-15)3-5-11/h2-7,9H,8H2,1H3,(H,17,18). The van der Waals surface area contributed by atoms with E-state index in [1.54, 1.807) is 12.1 Å². The molecule has 5 heteroatoms. The molecule has 1 aromatic heterocycles. The molecule has 0 spiro atoms. The zero-order valence-electron chi connectivity index (χ0n) is 10.3. The lowest BCUT2D eigenvalue weighted by molar-refractivity contribution is 0.0940. The number of nitrogens with one attached hydrogen (secondary N) is 1. The van der Waals surface area contributed by atoms with Gasteiger partial charge in [-0.05, 0) is 36.8 Å². The molecule has 1 atom stereocenters. The second kappa shape index (κ2) is 6.42. The lowest BCUT2D eigenvalue weighted by Crippen LogP contribution is -2.26. The molecule has 2 rings (SSSR count). The van der Waals surface area contributed by atoms with Crippen molar-refractivity contribution in [2.75, 3.05) is 0 Å². The first kappa shape index (κ1) is 14.4. The smallest absolute Gasteiger partial charge is 0.251 e. The fourth-order valence-corrected chi connectivity index (χ4v) is 2.90. The van der Waals surface area contributed by atoms with Gasteiger partial charge in [-0.15, -0.1) is 22.9 Å². The quantitative estimate of drug-likeness (QED) is 0.819. The van der Waals surface area contributed by atoms with Crippen LogP contribution in [0.2, 0.25) is 4.34 Å². The van der Waals surface area contributed by atoms with Crippen molar-refractivity contribution < 1.29 is 4.79 Å². The Morgan fingerprint density at radius 1 is 1.26 bits per heavy atom. The number of carbonyl (C=O) groups excluding carboxylic acids is 1. The summed E-state index contributed by atoms with van der Waals surface area (Å²) >= 11 is 13.1. The number of alkyl halides is 1. The number of rotatable bonds is 4. The molecule has 0 saturated heterocycles. The largest absolute Gasteiger partial charge is 0.345 e. The molecule has 1 N–H and O–H groups in total. The third-order valence-electron chi connectivity index (χ3n) is 2.74. The maximum absolute atomic E-state index is 12.1. The lowest BCUT2D eigenvalue weighted by Gasteiger charge is -2.12. The SMILES string of the molecule is CC(NC(=O)c1ccc(CCl)cc1)c1ccc(Cl)s1. The molecule has 0 aliphatic rings. The molecule has 100 valence electrons. The molecule has 1 aromatic carbocycles. The van der Waals surface area contributed by atoms with Crippen LogP contribution in [0.1, 0.15) is 33.8 Å². The van der Waals surface area contributed by atoms with Crippen molar-refractivity contribution in [3.05, 3.63) is 56.7 Å². The summed E-state index contributed by atoms with van der Waals surface area (Å²) in [5, 5.41) is 2.94. The number of hydrogen-bond acceptors (Lipinski definition) is 2. The molecular formula is C14H13Cl2NOS. The topological polar surface area (TPSA) is 29.1 Å². The molecule has 2 aromatic rings. The Morgan fingerprint density at radius 3 is 2.47 bits per heavy atom. The van der Waals surface area contributed by atoms with Crippen molar-refractivity contribution in [3.8, 4) is 0 Å². The molecular weight excluding hydrogens is 301 g/mol. The van der Waals surface area contributed by atoms with Crippen LogP contribution >= 0.6 is 34.5 Å². The molecule has 1 amide bonds. The average molecular weight is 314 g/mol. The minimum Gasteiger partial charge on any atom is -0.345 e. The van der Waals surface area contributed by atoms with E-state index in [1.807, 2.05) is 31.2 Å². The van der Waals surface area contributed by atoms with E-state index >= 15 is 0 Å². The van der Waals surface area contributed by atoms with Crippen LogP contribution in [0.15, 0.2) is 36.4 Å². The molecule has 2 nitrogen and oxygen atoms in total. The van der Waals surface area contributed by atoms with E-state index < -0.39 is 0 Å². The summed E-state index contributed by atoms with van der Waals surface area (Å²) in [5.74, 6) is 0.351. The summed E-state index contributed by atoms with van der Waals surface area (Å²) in [4.78, 5) is 13.1. The van der Waals surface area contributed by atoms with E-state index in [0.29, 0.717) is 11.4 Å². The van der Waals surface area contributed by atoms with Crippen LogP contribution in [0.25, 0.3) is 0 Å². The van der Waals surface area contributed by atoms with E-state index in [2.05, 4.69) is 5.32 Å². The van der Waals surface area contributed by atoms with Gasteiger partial charge in [0.2, 0.25) is 0 Å². The molecule has 0 radical (unpaired) electrons. The number of hydrogen-bond donors (Lipinski definition) is 1. The summed E-state index contributed by atoms with van der Waals surface area (Å²) in [6.45, 7) is 1.94. The fourth-order valence-electron chi connectivity index (χ4n) is 1.66.